The fourth-order valence-corrected chi connectivity index (χ4v) is 2.27. The molecule has 1 heterocycles. The Bertz CT molecular complexity index is 506. The molecule has 0 saturated carbocycles. The molecule has 0 aromatic heterocycles. The molecule has 1 saturated heterocycles. The zero-order valence-corrected chi connectivity index (χ0v) is 14.1. The van der Waals surface area contributed by atoms with E-state index in [0.29, 0.717) is 12.0 Å². The van der Waals surface area contributed by atoms with Crippen LogP contribution in [0.4, 0.5) is 5.69 Å². The van der Waals surface area contributed by atoms with Gasteiger partial charge >= 0.3 is 0 Å². The second kappa shape index (κ2) is 9.74. The van der Waals surface area contributed by atoms with E-state index in [2.05, 4.69) is 16.8 Å². The molecule has 2 rings (SSSR count). The first-order valence-electron chi connectivity index (χ1n) is 6.75. The number of hydrogen-bond acceptors (Lipinski definition) is 5. The summed E-state index contributed by atoms with van der Waals surface area (Å²) in [6.45, 7) is 4.70. The van der Waals surface area contributed by atoms with E-state index in [1.807, 2.05) is 0 Å². The molecule has 22 heavy (non-hydrogen) atoms. The molecule has 1 aliphatic heterocycles. The summed E-state index contributed by atoms with van der Waals surface area (Å²) in [7, 11) is 2.09. The number of Topliss-reactive ketones (excluding diaryl/α,β-unsaturated/α-hetero) is 1. The molecule has 6 nitrogen and oxygen atoms in total. The summed E-state index contributed by atoms with van der Waals surface area (Å²) in [6.07, 6.45) is 0.408. The Morgan fingerprint density at radius 1 is 1.23 bits per heavy atom. The van der Waals surface area contributed by atoms with Gasteiger partial charge in [0.05, 0.1) is 4.92 Å². The number of benzene rings is 1. The molecule has 0 radical (unpaired) electrons. The van der Waals surface area contributed by atoms with Crippen LogP contribution in [0.1, 0.15) is 16.8 Å². The largest absolute Gasteiger partial charge is 0.304 e. The fourth-order valence-electron chi connectivity index (χ4n) is 2.27. The van der Waals surface area contributed by atoms with Crippen LogP contribution in [0.2, 0.25) is 0 Å². The van der Waals surface area contributed by atoms with Crippen molar-refractivity contribution in [2.45, 2.75) is 6.42 Å². The second-order valence-corrected chi connectivity index (χ2v) is 5.13. The molecule has 124 valence electrons. The van der Waals surface area contributed by atoms with Gasteiger partial charge in [0.15, 0.2) is 5.78 Å². The van der Waals surface area contributed by atoms with E-state index in [1.54, 1.807) is 12.1 Å². The number of rotatable bonds is 5. The standard InChI is InChI=1S/C14H19N3O3.2ClH/c1-15-7-9-16(10-8-15)6-5-14(18)12-3-2-4-13(11-12)17(19)20;;/h2-4,11H,5-10H2,1H3;2*1H. The van der Waals surface area contributed by atoms with Crippen molar-refractivity contribution in [3.63, 3.8) is 0 Å². The molecule has 0 bridgehead atoms. The van der Waals surface area contributed by atoms with E-state index in [-0.39, 0.29) is 36.3 Å². The van der Waals surface area contributed by atoms with Crippen molar-refractivity contribution in [1.82, 2.24) is 9.80 Å². The van der Waals surface area contributed by atoms with Gasteiger partial charge in [-0.1, -0.05) is 12.1 Å². The summed E-state index contributed by atoms with van der Waals surface area (Å²) in [5, 5.41) is 10.7. The number of nitro groups is 1. The molecular formula is C14H21Cl2N3O3. The minimum atomic E-state index is -0.475. The van der Waals surface area contributed by atoms with E-state index >= 15 is 0 Å². The lowest BCUT2D eigenvalue weighted by Gasteiger charge is -2.32. The third-order valence-corrected chi connectivity index (χ3v) is 3.63. The molecule has 0 N–H and O–H groups in total. The molecule has 0 spiro atoms. The van der Waals surface area contributed by atoms with E-state index in [0.717, 1.165) is 32.7 Å². The molecule has 0 unspecified atom stereocenters. The number of halogens is 2. The second-order valence-electron chi connectivity index (χ2n) is 5.13. The van der Waals surface area contributed by atoms with Gasteiger partial charge in [-0.05, 0) is 7.05 Å². The van der Waals surface area contributed by atoms with Crippen LogP contribution in [0.3, 0.4) is 0 Å². The van der Waals surface area contributed by atoms with Gasteiger partial charge in [0.2, 0.25) is 0 Å². The Morgan fingerprint density at radius 2 is 1.86 bits per heavy atom. The zero-order chi connectivity index (χ0) is 14.5. The van der Waals surface area contributed by atoms with E-state index < -0.39 is 4.92 Å². The van der Waals surface area contributed by atoms with Crippen LogP contribution in [-0.2, 0) is 0 Å². The maximum absolute atomic E-state index is 12.1. The highest BCUT2D eigenvalue weighted by Crippen LogP contribution is 2.14. The average molecular weight is 350 g/mol. The first-order chi connectivity index (χ1) is 9.56. The topological polar surface area (TPSA) is 66.7 Å². The van der Waals surface area contributed by atoms with Gasteiger partial charge in [0, 0.05) is 56.8 Å². The van der Waals surface area contributed by atoms with Crippen LogP contribution >= 0.6 is 24.8 Å². The smallest absolute Gasteiger partial charge is 0.270 e. The lowest BCUT2D eigenvalue weighted by Crippen LogP contribution is -2.45. The Morgan fingerprint density at radius 3 is 2.45 bits per heavy atom. The third-order valence-electron chi connectivity index (χ3n) is 3.63. The van der Waals surface area contributed by atoms with Crippen molar-refractivity contribution in [2.24, 2.45) is 0 Å². The van der Waals surface area contributed by atoms with Crippen molar-refractivity contribution in [3.05, 3.63) is 39.9 Å². The quantitative estimate of drug-likeness (QED) is 0.463. The van der Waals surface area contributed by atoms with Gasteiger partial charge in [0.25, 0.3) is 5.69 Å². The van der Waals surface area contributed by atoms with Crippen molar-refractivity contribution < 1.29 is 9.72 Å². The highest BCUT2D eigenvalue weighted by atomic mass is 35.5. The van der Waals surface area contributed by atoms with Crippen LogP contribution in [0, 0.1) is 10.1 Å². The highest BCUT2D eigenvalue weighted by Gasteiger charge is 2.16. The molecule has 1 aromatic carbocycles. The predicted molar refractivity (Wildman–Crippen MR) is 90.5 cm³/mol. The fraction of sp³-hybridized carbons (Fsp3) is 0.500. The minimum Gasteiger partial charge on any atom is -0.304 e. The van der Waals surface area contributed by atoms with Gasteiger partial charge in [0.1, 0.15) is 0 Å². The molecule has 1 fully saturated rings. The number of carbonyl (C=O) groups excluding carboxylic acids is 1. The summed E-state index contributed by atoms with van der Waals surface area (Å²) in [5.41, 5.74) is 0.392. The number of ketones is 1. The zero-order valence-electron chi connectivity index (χ0n) is 12.4. The third kappa shape index (κ3) is 5.88. The van der Waals surface area contributed by atoms with Gasteiger partial charge in [-0.15, -0.1) is 24.8 Å². The molecule has 1 aliphatic rings. The normalized spacial score (nSPS) is 15.5. The number of nitro benzene ring substituents is 1. The van der Waals surface area contributed by atoms with Gasteiger partial charge < -0.3 is 9.80 Å². The Balaban J connectivity index is 0.00000220. The highest BCUT2D eigenvalue weighted by molar-refractivity contribution is 5.96. The predicted octanol–water partition coefficient (Wildman–Crippen LogP) is 2.26. The Hall–Kier alpha value is -1.21. The SMILES string of the molecule is CN1CCN(CCC(=O)c2cccc([N+](=O)[O-])c2)CC1.Cl.Cl. The number of carbonyl (C=O) groups is 1. The molecule has 0 amide bonds. The van der Waals surface area contributed by atoms with Crippen LogP contribution < -0.4 is 0 Å². The van der Waals surface area contributed by atoms with Crippen LogP contribution in [-0.4, -0.2) is 60.3 Å². The maximum Gasteiger partial charge on any atom is 0.270 e. The summed E-state index contributed by atoms with van der Waals surface area (Å²) in [4.78, 5) is 26.8. The van der Waals surface area contributed by atoms with Gasteiger partial charge in [-0.3, -0.25) is 14.9 Å². The molecular weight excluding hydrogens is 329 g/mol. The van der Waals surface area contributed by atoms with Crippen LogP contribution in [0.15, 0.2) is 24.3 Å². The molecule has 0 atom stereocenters. The Kier molecular flexibility index (Phi) is 9.20. The first-order valence-corrected chi connectivity index (χ1v) is 6.75. The molecule has 1 aromatic rings. The summed E-state index contributed by atoms with van der Waals surface area (Å²) >= 11 is 0. The van der Waals surface area contributed by atoms with Crippen molar-refractivity contribution >= 4 is 36.3 Å². The van der Waals surface area contributed by atoms with E-state index in [4.69, 9.17) is 0 Å². The number of non-ortho nitro benzene ring substituents is 1. The number of likely N-dealkylation sites (N-methyl/N-ethyl adjacent to an activating group) is 1. The average Bonchev–Trinajstić information content (AvgIpc) is 2.46. The van der Waals surface area contributed by atoms with Gasteiger partial charge in [-0.2, -0.15) is 0 Å². The van der Waals surface area contributed by atoms with Crippen molar-refractivity contribution in [1.29, 1.82) is 0 Å². The lowest BCUT2D eigenvalue weighted by atomic mass is 10.1. The molecule has 0 aliphatic carbocycles. The number of piperazine rings is 1. The van der Waals surface area contributed by atoms with E-state index in [9.17, 15) is 14.9 Å². The number of hydrogen-bond donors (Lipinski definition) is 0. The molecule has 8 heteroatoms. The van der Waals surface area contributed by atoms with Crippen molar-refractivity contribution in [2.75, 3.05) is 39.8 Å². The monoisotopic (exact) mass is 349 g/mol. The van der Waals surface area contributed by atoms with E-state index in [1.165, 1.54) is 12.1 Å². The van der Waals surface area contributed by atoms with Crippen molar-refractivity contribution in [3.8, 4) is 0 Å². The number of nitrogens with zero attached hydrogens (tertiary/aromatic N) is 3. The maximum atomic E-state index is 12.1. The Labute approximate surface area is 142 Å². The van der Waals surface area contributed by atoms with Crippen LogP contribution in [0.25, 0.3) is 0 Å². The summed E-state index contributed by atoms with van der Waals surface area (Å²) in [5.74, 6) is -0.0346. The van der Waals surface area contributed by atoms with Gasteiger partial charge in [-0.25, -0.2) is 0 Å². The lowest BCUT2D eigenvalue weighted by molar-refractivity contribution is -0.384. The van der Waals surface area contributed by atoms with Crippen LogP contribution in [0.5, 0.6) is 0 Å². The summed E-state index contributed by atoms with van der Waals surface area (Å²) < 4.78 is 0. The minimum absolute atomic E-state index is 0. The summed E-state index contributed by atoms with van der Waals surface area (Å²) in [6, 6.07) is 5.95. The first kappa shape index (κ1) is 20.8.